The topological polar surface area (TPSA) is 71.5 Å². The molecular formula is C7H9N3O. The Morgan fingerprint density at radius 2 is 2.45 bits per heavy atom. The maximum absolute atomic E-state index is 8.11. The van der Waals surface area contributed by atoms with Crippen molar-refractivity contribution in [3.8, 4) is 0 Å². The Bertz CT molecular complexity index is 260. The van der Waals surface area contributed by atoms with E-state index in [0.29, 0.717) is 12.2 Å². The Morgan fingerprint density at radius 3 is 3.09 bits per heavy atom. The lowest BCUT2D eigenvalue weighted by Gasteiger charge is -1.95. The number of rotatable bonds is 2. The molecule has 0 aromatic carbocycles. The van der Waals surface area contributed by atoms with Crippen LogP contribution >= 0.6 is 0 Å². The third-order valence-electron chi connectivity index (χ3n) is 1.21. The van der Waals surface area contributed by atoms with Crippen LogP contribution in [0.2, 0.25) is 0 Å². The van der Waals surface area contributed by atoms with Gasteiger partial charge in [-0.25, -0.2) is 4.98 Å². The highest BCUT2D eigenvalue weighted by Crippen LogP contribution is 1.99. The van der Waals surface area contributed by atoms with E-state index in [-0.39, 0.29) is 0 Å². The molecule has 3 N–H and O–H groups in total. The lowest BCUT2D eigenvalue weighted by molar-refractivity contribution is 0.320. The number of nitrogens with zero attached hydrogens (tertiary/aromatic N) is 2. The highest BCUT2D eigenvalue weighted by molar-refractivity contribution is 5.59. The van der Waals surface area contributed by atoms with Crippen LogP contribution in [-0.2, 0) is 6.42 Å². The van der Waals surface area contributed by atoms with E-state index in [1.54, 1.807) is 6.07 Å². The highest BCUT2D eigenvalue weighted by atomic mass is 16.4. The fourth-order valence-electron chi connectivity index (χ4n) is 0.746. The summed E-state index contributed by atoms with van der Waals surface area (Å²) in [4.78, 5) is 3.99. The van der Waals surface area contributed by atoms with E-state index in [1.807, 2.05) is 12.1 Å². The van der Waals surface area contributed by atoms with Crippen molar-refractivity contribution in [3.63, 3.8) is 0 Å². The van der Waals surface area contributed by atoms with Gasteiger partial charge in [0, 0.05) is 18.3 Å². The van der Waals surface area contributed by atoms with Crippen LogP contribution in [0.3, 0.4) is 0 Å². The zero-order valence-corrected chi connectivity index (χ0v) is 5.94. The second-order valence-corrected chi connectivity index (χ2v) is 2.06. The standard InChI is InChI=1S/C7H9N3O/c8-7-3-1-2-6(10-7)4-5-9-11/h1-3,5,11H,4H2,(H2,8,10)/b9-5+. The number of hydrogen-bond acceptors (Lipinski definition) is 4. The van der Waals surface area contributed by atoms with Gasteiger partial charge in [0.05, 0.1) is 0 Å². The molecule has 0 atom stereocenters. The molecule has 0 aliphatic rings. The van der Waals surface area contributed by atoms with E-state index < -0.39 is 0 Å². The lowest BCUT2D eigenvalue weighted by Crippen LogP contribution is -1.95. The molecule has 1 aromatic heterocycles. The van der Waals surface area contributed by atoms with Crippen molar-refractivity contribution in [2.24, 2.45) is 5.16 Å². The number of anilines is 1. The van der Waals surface area contributed by atoms with E-state index in [9.17, 15) is 0 Å². The molecular weight excluding hydrogens is 142 g/mol. The van der Waals surface area contributed by atoms with Crippen molar-refractivity contribution < 1.29 is 5.21 Å². The van der Waals surface area contributed by atoms with E-state index in [4.69, 9.17) is 10.9 Å². The molecule has 58 valence electrons. The van der Waals surface area contributed by atoms with E-state index in [2.05, 4.69) is 10.1 Å². The van der Waals surface area contributed by atoms with Crippen LogP contribution < -0.4 is 5.73 Å². The Balaban J connectivity index is 2.71. The van der Waals surface area contributed by atoms with Gasteiger partial charge in [0.15, 0.2) is 0 Å². The predicted molar refractivity (Wildman–Crippen MR) is 42.6 cm³/mol. The Kier molecular flexibility index (Phi) is 2.43. The largest absolute Gasteiger partial charge is 0.411 e. The van der Waals surface area contributed by atoms with Gasteiger partial charge in [0.1, 0.15) is 5.82 Å². The number of nitrogen functional groups attached to an aromatic ring is 1. The molecule has 0 saturated heterocycles. The van der Waals surface area contributed by atoms with Crippen LogP contribution in [-0.4, -0.2) is 16.4 Å². The van der Waals surface area contributed by atoms with Gasteiger partial charge in [0.25, 0.3) is 0 Å². The van der Waals surface area contributed by atoms with Gasteiger partial charge in [-0.1, -0.05) is 6.07 Å². The van der Waals surface area contributed by atoms with Crippen LogP contribution in [0.4, 0.5) is 5.82 Å². The number of aromatic nitrogens is 1. The monoisotopic (exact) mass is 151 g/mol. The second-order valence-electron chi connectivity index (χ2n) is 2.06. The summed E-state index contributed by atoms with van der Waals surface area (Å²) in [7, 11) is 0. The molecule has 0 aliphatic carbocycles. The average molecular weight is 151 g/mol. The third kappa shape index (κ3) is 2.25. The maximum Gasteiger partial charge on any atom is 0.123 e. The molecule has 0 bridgehead atoms. The molecule has 0 radical (unpaired) electrons. The lowest BCUT2D eigenvalue weighted by atomic mass is 10.3. The van der Waals surface area contributed by atoms with Crippen LogP contribution in [0.5, 0.6) is 0 Å². The number of hydrogen-bond donors (Lipinski definition) is 2. The molecule has 0 aliphatic heterocycles. The number of oxime groups is 1. The zero-order valence-electron chi connectivity index (χ0n) is 5.94. The van der Waals surface area contributed by atoms with E-state index in [1.165, 1.54) is 6.21 Å². The summed E-state index contributed by atoms with van der Waals surface area (Å²) in [6, 6.07) is 5.33. The first kappa shape index (κ1) is 7.53. The van der Waals surface area contributed by atoms with Gasteiger partial charge in [-0.05, 0) is 12.1 Å². The van der Waals surface area contributed by atoms with Gasteiger partial charge in [-0.15, -0.1) is 5.16 Å². The minimum absolute atomic E-state index is 0.480. The minimum Gasteiger partial charge on any atom is -0.411 e. The van der Waals surface area contributed by atoms with Crippen LogP contribution in [0.1, 0.15) is 5.69 Å². The van der Waals surface area contributed by atoms with Crippen LogP contribution in [0.25, 0.3) is 0 Å². The molecule has 1 heterocycles. The van der Waals surface area contributed by atoms with Crippen molar-refractivity contribution in [2.45, 2.75) is 6.42 Å². The van der Waals surface area contributed by atoms with Gasteiger partial charge < -0.3 is 10.9 Å². The van der Waals surface area contributed by atoms with Gasteiger partial charge in [-0.2, -0.15) is 0 Å². The first-order chi connectivity index (χ1) is 5.33. The molecule has 11 heavy (non-hydrogen) atoms. The zero-order chi connectivity index (χ0) is 8.10. The predicted octanol–water partition coefficient (Wildman–Crippen LogP) is 0.666. The molecule has 4 nitrogen and oxygen atoms in total. The second kappa shape index (κ2) is 3.55. The Morgan fingerprint density at radius 1 is 1.64 bits per heavy atom. The smallest absolute Gasteiger partial charge is 0.123 e. The highest BCUT2D eigenvalue weighted by Gasteiger charge is 1.91. The molecule has 4 heteroatoms. The van der Waals surface area contributed by atoms with Crippen molar-refractivity contribution in [1.29, 1.82) is 0 Å². The third-order valence-corrected chi connectivity index (χ3v) is 1.21. The summed E-state index contributed by atoms with van der Waals surface area (Å²) < 4.78 is 0. The molecule has 0 fully saturated rings. The van der Waals surface area contributed by atoms with Crippen LogP contribution in [0, 0.1) is 0 Å². The van der Waals surface area contributed by atoms with Gasteiger partial charge >= 0.3 is 0 Å². The van der Waals surface area contributed by atoms with Gasteiger partial charge in [-0.3, -0.25) is 0 Å². The first-order valence-corrected chi connectivity index (χ1v) is 3.20. The molecule has 0 unspecified atom stereocenters. The minimum atomic E-state index is 0.480. The summed E-state index contributed by atoms with van der Waals surface area (Å²) in [5.41, 5.74) is 6.21. The fraction of sp³-hybridized carbons (Fsp3) is 0.143. The van der Waals surface area contributed by atoms with Gasteiger partial charge in [0.2, 0.25) is 0 Å². The Hall–Kier alpha value is -1.58. The normalized spacial score (nSPS) is 10.5. The number of nitrogens with two attached hydrogens (primary N) is 1. The Labute approximate surface area is 64.4 Å². The van der Waals surface area contributed by atoms with E-state index in [0.717, 1.165) is 5.69 Å². The van der Waals surface area contributed by atoms with Crippen LogP contribution in [0.15, 0.2) is 23.4 Å². The molecule has 0 spiro atoms. The van der Waals surface area contributed by atoms with Crippen molar-refractivity contribution in [1.82, 2.24) is 4.98 Å². The van der Waals surface area contributed by atoms with E-state index >= 15 is 0 Å². The van der Waals surface area contributed by atoms with Crippen molar-refractivity contribution in [2.75, 3.05) is 5.73 Å². The molecule has 0 amide bonds. The summed E-state index contributed by atoms with van der Waals surface area (Å²) >= 11 is 0. The molecule has 0 saturated carbocycles. The molecule has 1 aromatic rings. The summed E-state index contributed by atoms with van der Waals surface area (Å²) in [6.45, 7) is 0. The summed E-state index contributed by atoms with van der Waals surface area (Å²) in [5.74, 6) is 0.480. The van der Waals surface area contributed by atoms with Crippen molar-refractivity contribution in [3.05, 3.63) is 23.9 Å². The maximum atomic E-state index is 8.11. The number of pyridine rings is 1. The summed E-state index contributed by atoms with van der Waals surface area (Å²) in [5, 5.41) is 11.0. The molecule has 1 rings (SSSR count). The SMILES string of the molecule is Nc1cccc(C/C=N/O)n1. The average Bonchev–Trinajstić information content (AvgIpc) is 2.01. The fourth-order valence-corrected chi connectivity index (χ4v) is 0.746. The first-order valence-electron chi connectivity index (χ1n) is 3.20. The van der Waals surface area contributed by atoms with Crippen molar-refractivity contribution >= 4 is 12.0 Å². The quantitative estimate of drug-likeness (QED) is 0.370. The summed E-state index contributed by atoms with van der Waals surface area (Å²) in [6.07, 6.45) is 1.86.